The fraction of sp³-hybridized carbons (Fsp3) is 0.632. The van der Waals surface area contributed by atoms with Crippen LogP contribution in [0.2, 0.25) is 5.02 Å². The van der Waals surface area contributed by atoms with Gasteiger partial charge < -0.3 is 14.5 Å². The first-order chi connectivity index (χ1) is 13.2. The lowest BCUT2D eigenvalue weighted by atomic mass is 9.98. The molecular weight excluding hydrogens is 402 g/mol. The first kappa shape index (κ1) is 21.4. The van der Waals surface area contributed by atoms with Gasteiger partial charge in [-0.15, -0.1) is 0 Å². The molecule has 1 aromatic carbocycles. The van der Waals surface area contributed by atoms with Gasteiger partial charge in [-0.1, -0.05) is 11.6 Å². The maximum atomic E-state index is 13.1. The van der Waals surface area contributed by atoms with E-state index in [9.17, 15) is 13.2 Å². The summed E-state index contributed by atoms with van der Waals surface area (Å²) in [5, 5.41) is 0.493. The molecule has 2 heterocycles. The summed E-state index contributed by atoms with van der Waals surface area (Å²) in [7, 11) is 2.05. The lowest BCUT2D eigenvalue weighted by Crippen LogP contribution is -2.40. The third-order valence-electron chi connectivity index (χ3n) is 5.47. The van der Waals surface area contributed by atoms with Crippen LogP contribution in [-0.4, -0.2) is 81.0 Å². The second-order valence-electron chi connectivity index (χ2n) is 7.82. The zero-order valence-corrected chi connectivity index (χ0v) is 18.1. The number of carbonyl (C=O) groups excluding carboxylic acids is 1. The van der Waals surface area contributed by atoms with Crippen molar-refractivity contribution in [3.63, 3.8) is 0 Å². The minimum atomic E-state index is -3.64. The number of ether oxygens (including phenoxy) is 1. The van der Waals surface area contributed by atoms with Crippen molar-refractivity contribution in [1.29, 1.82) is 0 Å². The second kappa shape index (κ2) is 8.57. The predicted molar refractivity (Wildman–Crippen MR) is 108 cm³/mol. The molecule has 3 rings (SSSR count). The summed E-state index contributed by atoms with van der Waals surface area (Å²) >= 11 is 5.88. The topological polar surface area (TPSA) is 70.2 Å². The van der Waals surface area contributed by atoms with Crippen LogP contribution in [0, 0.1) is 0 Å². The number of sulfonamides is 1. The SMILES string of the molecule is CN(C)CCCN(C)C(=O)OC1C[C@H]2CCC1N2S(=O)(=O)c1ccc(Cl)cc1. The molecule has 0 spiro atoms. The monoisotopic (exact) mass is 429 g/mol. The van der Waals surface area contributed by atoms with Crippen LogP contribution in [-0.2, 0) is 14.8 Å². The van der Waals surface area contributed by atoms with Gasteiger partial charge in [0.05, 0.1) is 10.9 Å². The third-order valence-corrected chi connectivity index (χ3v) is 7.71. The summed E-state index contributed by atoms with van der Waals surface area (Å²) in [6.07, 6.45) is 2.12. The standard InChI is InChI=1S/C19H28ClN3O4S/c1-21(2)11-4-12-22(3)19(24)27-18-13-15-7-10-17(18)23(15)28(25,26)16-8-5-14(20)6-9-16/h5-6,8-9,15,17-18H,4,7,10-13H2,1-3H3/t15-,17?,18?/m1/s1. The zero-order valence-electron chi connectivity index (χ0n) is 16.5. The molecule has 0 saturated carbocycles. The van der Waals surface area contributed by atoms with Crippen LogP contribution < -0.4 is 0 Å². The normalized spacial score (nSPS) is 24.7. The molecule has 0 aromatic heterocycles. The maximum Gasteiger partial charge on any atom is 0.409 e. The van der Waals surface area contributed by atoms with Crippen LogP contribution in [0.4, 0.5) is 4.79 Å². The van der Waals surface area contributed by atoms with E-state index in [1.807, 2.05) is 14.1 Å². The number of hydrogen-bond donors (Lipinski definition) is 0. The second-order valence-corrected chi connectivity index (χ2v) is 10.1. The summed E-state index contributed by atoms with van der Waals surface area (Å²) in [5.41, 5.74) is 0. The van der Waals surface area contributed by atoms with E-state index in [-0.39, 0.29) is 23.1 Å². The average Bonchev–Trinajstić information content (AvgIpc) is 3.20. The molecule has 28 heavy (non-hydrogen) atoms. The Labute approximate surface area is 172 Å². The quantitative estimate of drug-likeness (QED) is 0.666. The molecule has 9 heteroatoms. The van der Waals surface area contributed by atoms with Gasteiger partial charge in [-0.25, -0.2) is 13.2 Å². The Morgan fingerprint density at radius 3 is 2.50 bits per heavy atom. The smallest absolute Gasteiger partial charge is 0.409 e. The van der Waals surface area contributed by atoms with E-state index in [1.54, 1.807) is 28.4 Å². The molecule has 0 radical (unpaired) electrons. The van der Waals surface area contributed by atoms with Crippen LogP contribution in [0.15, 0.2) is 29.2 Å². The number of nitrogens with zero attached hydrogens (tertiary/aromatic N) is 3. The molecule has 2 bridgehead atoms. The number of fused-ring (bicyclic) bond motifs is 2. The lowest BCUT2D eigenvalue weighted by molar-refractivity contribution is 0.0536. The Bertz CT molecular complexity index is 800. The van der Waals surface area contributed by atoms with Crippen LogP contribution in [0.3, 0.4) is 0 Å². The fourth-order valence-electron chi connectivity index (χ4n) is 4.05. The summed E-state index contributed by atoms with van der Waals surface area (Å²) in [6.45, 7) is 1.49. The lowest BCUT2D eigenvalue weighted by Gasteiger charge is -2.26. The van der Waals surface area contributed by atoms with Crippen molar-refractivity contribution in [3.05, 3.63) is 29.3 Å². The zero-order chi connectivity index (χ0) is 20.5. The van der Waals surface area contributed by atoms with E-state index >= 15 is 0 Å². The Hall–Kier alpha value is -1.35. The van der Waals surface area contributed by atoms with E-state index in [1.165, 1.54) is 12.1 Å². The Balaban J connectivity index is 1.64. The van der Waals surface area contributed by atoms with Crippen LogP contribution in [0.1, 0.15) is 25.7 Å². The van der Waals surface area contributed by atoms with Gasteiger partial charge in [0.2, 0.25) is 10.0 Å². The molecule has 0 N–H and O–H groups in total. The molecule has 2 aliphatic heterocycles. The number of benzene rings is 1. The van der Waals surface area contributed by atoms with E-state index in [0.29, 0.717) is 24.4 Å². The van der Waals surface area contributed by atoms with E-state index in [4.69, 9.17) is 16.3 Å². The fourth-order valence-corrected chi connectivity index (χ4v) is 6.08. The highest BCUT2D eigenvalue weighted by atomic mass is 35.5. The molecule has 1 amide bonds. The predicted octanol–water partition coefficient (Wildman–Crippen LogP) is 2.65. The van der Waals surface area contributed by atoms with Crippen LogP contribution in [0.25, 0.3) is 0 Å². The number of amides is 1. The summed E-state index contributed by atoms with van der Waals surface area (Å²) in [5.74, 6) is 0. The number of rotatable bonds is 7. The summed E-state index contributed by atoms with van der Waals surface area (Å²) < 4.78 is 33.4. The maximum absolute atomic E-state index is 13.1. The molecule has 2 saturated heterocycles. The number of carbonyl (C=O) groups is 1. The molecular formula is C19H28ClN3O4S. The third kappa shape index (κ3) is 4.45. The Morgan fingerprint density at radius 2 is 1.86 bits per heavy atom. The molecule has 0 aliphatic carbocycles. The summed E-state index contributed by atoms with van der Waals surface area (Å²) in [6, 6.07) is 5.77. The van der Waals surface area contributed by atoms with Gasteiger partial charge in [0.1, 0.15) is 6.10 Å². The van der Waals surface area contributed by atoms with Gasteiger partial charge >= 0.3 is 6.09 Å². The van der Waals surface area contributed by atoms with E-state index < -0.39 is 16.1 Å². The number of hydrogen-bond acceptors (Lipinski definition) is 5. The Kier molecular flexibility index (Phi) is 6.54. The molecule has 3 atom stereocenters. The van der Waals surface area contributed by atoms with Gasteiger partial charge in [0.15, 0.2) is 0 Å². The Morgan fingerprint density at radius 1 is 1.18 bits per heavy atom. The molecule has 2 fully saturated rings. The summed E-state index contributed by atoms with van der Waals surface area (Å²) in [4.78, 5) is 16.3. The van der Waals surface area contributed by atoms with E-state index in [0.717, 1.165) is 19.4 Å². The molecule has 7 nitrogen and oxygen atoms in total. The highest BCUT2D eigenvalue weighted by Crippen LogP contribution is 2.43. The van der Waals surface area contributed by atoms with Gasteiger partial charge in [0, 0.05) is 31.1 Å². The largest absolute Gasteiger partial charge is 0.444 e. The molecule has 2 aliphatic rings. The van der Waals surface area contributed by atoms with Gasteiger partial charge in [-0.3, -0.25) is 0 Å². The van der Waals surface area contributed by atoms with Crippen molar-refractivity contribution in [2.24, 2.45) is 0 Å². The minimum absolute atomic E-state index is 0.123. The van der Waals surface area contributed by atoms with Crippen LogP contribution in [0.5, 0.6) is 0 Å². The minimum Gasteiger partial charge on any atom is -0.444 e. The van der Waals surface area contributed by atoms with Gasteiger partial charge in [-0.05, 0) is 64.2 Å². The molecule has 2 unspecified atom stereocenters. The van der Waals surface area contributed by atoms with Crippen molar-refractivity contribution < 1.29 is 17.9 Å². The van der Waals surface area contributed by atoms with Crippen LogP contribution >= 0.6 is 11.6 Å². The first-order valence-corrected chi connectivity index (χ1v) is 11.4. The van der Waals surface area contributed by atoms with Crippen molar-refractivity contribution in [3.8, 4) is 0 Å². The highest BCUT2D eigenvalue weighted by molar-refractivity contribution is 7.89. The van der Waals surface area contributed by atoms with Crippen molar-refractivity contribution in [1.82, 2.24) is 14.1 Å². The van der Waals surface area contributed by atoms with Crippen molar-refractivity contribution in [2.75, 3.05) is 34.2 Å². The molecule has 1 aromatic rings. The first-order valence-electron chi connectivity index (χ1n) is 9.55. The van der Waals surface area contributed by atoms with E-state index in [2.05, 4.69) is 4.90 Å². The number of halogens is 1. The van der Waals surface area contributed by atoms with Crippen molar-refractivity contribution in [2.45, 2.75) is 48.8 Å². The highest BCUT2D eigenvalue weighted by Gasteiger charge is 2.53. The van der Waals surface area contributed by atoms with Crippen molar-refractivity contribution >= 4 is 27.7 Å². The van der Waals surface area contributed by atoms with Gasteiger partial charge in [-0.2, -0.15) is 4.31 Å². The molecule has 156 valence electrons. The van der Waals surface area contributed by atoms with Gasteiger partial charge in [0.25, 0.3) is 0 Å². The average molecular weight is 430 g/mol.